The minimum absolute atomic E-state index is 0.420. The van der Waals surface area contributed by atoms with Gasteiger partial charge in [0.15, 0.2) is 0 Å². The van der Waals surface area contributed by atoms with Crippen molar-refractivity contribution in [3.05, 3.63) is 48.7 Å². The number of hydrogen-bond acceptors (Lipinski definition) is 3. The van der Waals surface area contributed by atoms with Gasteiger partial charge in [-0.05, 0) is 11.6 Å². The van der Waals surface area contributed by atoms with E-state index in [0.29, 0.717) is 11.2 Å². The monoisotopic (exact) mass is 199 g/mol. The first-order valence-electron chi connectivity index (χ1n) is 4.65. The summed E-state index contributed by atoms with van der Waals surface area (Å²) in [6.07, 6.45) is 1.63. The molecule has 15 heavy (non-hydrogen) atoms. The largest absolute Gasteiger partial charge is 0.490 e. The fourth-order valence-electron chi connectivity index (χ4n) is 1.46. The Bertz CT molecular complexity index is 445. The Morgan fingerprint density at radius 1 is 0.933 bits per heavy atom. The van der Waals surface area contributed by atoms with Crippen LogP contribution in [0.1, 0.15) is 0 Å². The zero-order valence-electron chi connectivity index (χ0n) is 8.04. The number of pyridine rings is 1. The SMILES string of the molecule is OB(O)c1cccnc1-c1ccccc1. The number of rotatable bonds is 2. The molecule has 1 aromatic carbocycles. The molecule has 1 aromatic heterocycles. The molecule has 2 aromatic rings. The van der Waals surface area contributed by atoms with Gasteiger partial charge >= 0.3 is 7.12 Å². The Labute approximate surface area is 88.2 Å². The number of hydrogen-bond donors (Lipinski definition) is 2. The standard InChI is InChI=1S/C11H10BNO2/c14-12(15)10-7-4-8-13-11(10)9-5-2-1-3-6-9/h1-8,14-15H. The highest BCUT2D eigenvalue weighted by Gasteiger charge is 2.16. The molecule has 0 unspecified atom stereocenters. The molecule has 0 aliphatic rings. The fourth-order valence-corrected chi connectivity index (χ4v) is 1.46. The van der Waals surface area contributed by atoms with Crippen molar-refractivity contribution < 1.29 is 10.0 Å². The lowest BCUT2D eigenvalue weighted by Gasteiger charge is -2.06. The second-order valence-corrected chi connectivity index (χ2v) is 3.18. The normalized spacial score (nSPS) is 10.0. The quantitative estimate of drug-likeness (QED) is 0.689. The molecule has 4 heteroatoms. The summed E-state index contributed by atoms with van der Waals surface area (Å²) >= 11 is 0. The molecule has 74 valence electrons. The third-order valence-electron chi connectivity index (χ3n) is 2.16. The van der Waals surface area contributed by atoms with Crippen molar-refractivity contribution in [2.75, 3.05) is 0 Å². The maximum Gasteiger partial charge on any atom is 0.490 e. The zero-order valence-corrected chi connectivity index (χ0v) is 8.04. The number of aromatic nitrogens is 1. The Kier molecular flexibility index (Phi) is 2.80. The summed E-state index contributed by atoms with van der Waals surface area (Å²) in [7, 11) is -1.49. The van der Waals surface area contributed by atoms with Gasteiger partial charge in [-0.25, -0.2) is 0 Å². The lowest BCUT2D eigenvalue weighted by molar-refractivity contribution is 0.426. The summed E-state index contributed by atoms with van der Waals surface area (Å²) in [4.78, 5) is 4.15. The second kappa shape index (κ2) is 4.25. The van der Waals surface area contributed by atoms with Crippen LogP contribution < -0.4 is 5.46 Å². The Morgan fingerprint density at radius 2 is 1.67 bits per heavy atom. The van der Waals surface area contributed by atoms with E-state index in [2.05, 4.69) is 4.98 Å². The molecular formula is C11H10BNO2. The molecule has 0 fully saturated rings. The highest BCUT2D eigenvalue weighted by molar-refractivity contribution is 6.60. The molecule has 0 amide bonds. The summed E-state index contributed by atoms with van der Waals surface area (Å²) in [5.74, 6) is 0. The molecule has 0 atom stereocenters. The molecule has 0 aliphatic heterocycles. The molecule has 2 rings (SSSR count). The lowest BCUT2D eigenvalue weighted by atomic mass is 9.78. The minimum Gasteiger partial charge on any atom is -0.423 e. The van der Waals surface area contributed by atoms with Crippen LogP contribution in [0.15, 0.2) is 48.7 Å². The van der Waals surface area contributed by atoms with Gasteiger partial charge < -0.3 is 10.0 Å². The summed E-state index contributed by atoms with van der Waals surface area (Å²) in [6, 6.07) is 12.8. The van der Waals surface area contributed by atoms with E-state index in [1.165, 1.54) is 0 Å². The smallest absolute Gasteiger partial charge is 0.423 e. The highest BCUT2D eigenvalue weighted by Crippen LogP contribution is 2.13. The van der Waals surface area contributed by atoms with E-state index >= 15 is 0 Å². The maximum absolute atomic E-state index is 9.18. The van der Waals surface area contributed by atoms with Gasteiger partial charge in [-0.1, -0.05) is 36.4 Å². The molecule has 0 spiro atoms. The van der Waals surface area contributed by atoms with Gasteiger partial charge in [0, 0.05) is 11.7 Å². The van der Waals surface area contributed by atoms with E-state index in [-0.39, 0.29) is 0 Å². The Balaban J connectivity index is 2.53. The summed E-state index contributed by atoms with van der Waals surface area (Å²) in [6.45, 7) is 0. The first-order valence-corrected chi connectivity index (χ1v) is 4.65. The molecule has 1 heterocycles. The van der Waals surface area contributed by atoms with Crippen LogP contribution in [-0.4, -0.2) is 22.2 Å². The Morgan fingerprint density at radius 3 is 2.33 bits per heavy atom. The van der Waals surface area contributed by atoms with Crippen molar-refractivity contribution in [3.8, 4) is 11.3 Å². The summed E-state index contributed by atoms with van der Waals surface area (Å²) < 4.78 is 0. The van der Waals surface area contributed by atoms with Gasteiger partial charge in [-0.3, -0.25) is 4.98 Å². The van der Waals surface area contributed by atoms with Crippen molar-refractivity contribution in [1.82, 2.24) is 4.98 Å². The first-order chi connectivity index (χ1) is 7.29. The predicted octanol–water partition coefficient (Wildman–Crippen LogP) is 0.428. The zero-order chi connectivity index (χ0) is 10.7. The van der Waals surface area contributed by atoms with E-state index < -0.39 is 7.12 Å². The van der Waals surface area contributed by atoms with E-state index in [0.717, 1.165) is 5.56 Å². The minimum atomic E-state index is -1.49. The van der Waals surface area contributed by atoms with E-state index in [1.807, 2.05) is 30.3 Å². The van der Waals surface area contributed by atoms with Crippen LogP contribution in [0.4, 0.5) is 0 Å². The van der Waals surface area contributed by atoms with Crippen LogP contribution in [0.2, 0.25) is 0 Å². The number of benzene rings is 1. The molecule has 0 saturated carbocycles. The van der Waals surface area contributed by atoms with Crippen LogP contribution >= 0.6 is 0 Å². The topological polar surface area (TPSA) is 53.4 Å². The van der Waals surface area contributed by atoms with E-state index in [1.54, 1.807) is 18.3 Å². The van der Waals surface area contributed by atoms with Crippen molar-refractivity contribution in [2.24, 2.45) is 0 Å². The Hall–Kier alpha value is -1.65. The van der Waals surface area contributed by atoms with Crippen molar-refractivity contribution in [3.63, 3.8) is 0 Å². The van der Waals surface area contributed by atoms with Crippen LogP contribution in [0, 0.1) is 0 Å². The average Bonchev–Trinajstić information content (AvgIpc) is 2.30. The predicted molar refractivity (Wildman–Crippen MR) is 59.5 cm³/mol. The fraction of sp³-hybridized carbons (Fsp3) is 0. The van der Waals surface area contributed by atoms with Crippen LogP contribution in [0.3, 0.4) is 0 Å². The van der Waals surface area contributed by atoms with E-state index in [9.17, 15) is 10.0 Å². The second-order valence-electron chi connectivity index (χ2n) is 3.18. The molecule has 0 saturated heterocycles. The first kappa shape index (κ1) is 9.89. The molecule has 0 bridgehead atoms. The third-order valence-corrected chi connectivity index (χ3v) is 2.16. The molecule has 2 N–H and O–H groups in total. The summed E-state index contributed by atoms with van der Waals surface area (Å²) in [5.41, 5.74) is 1.90. The molecule has 3 nitrogen and oxygen atoms in total. The lowest BCUT2D eigenvalue weighted by Crippen LogP contribution is -2.32. The van der Waals surface area contributed by atoms with Gasteiger partial charge in [0.05, 0.1) is 5.69 Å². The maximum atomic E-state index is 9.18. The number of nitrogens with zero attached hydrogens (tertiary/aromatic N) is 1. The van der Waals surface area contributed by atoms with Crippen molar-refractivity contribution in [1.29, 1.82) is 0 Å². The van der Waals surface area contributed by atoms with Crippen LogP contribution in [-0.2, 0) is 0 Å². The van der Waals surface area contributed by atoms with Gasteiger partial charge in [0.25, 0.3) is 0 Å². The third kappa shape index (κ3) is 2.06. The van der Waals surface area contributed by atoms with Gasteiger partial charge in [0.2, 0.25) is 0 Å². The van der Waals surface area contributed by atoms with Gasteiger partial charge in [-0.2, -0.15) is 0 Å². The van der Waals surface area contributed by atoms with Crippen LogP contribution in [0.25, 0.3) is 11.3 Å². The van der Waals surface area contributed by atoms with E-state index in [4.69, 9.17) is 0 Å². The van der Waals surface area contributed by atoms with Gasteiger partial charge in [-0.15, -0.1) is 0 Å². The summed E-state index contributed by atoms with van der Waals surface area (Å²) in [5, 5.41) is 18.4. The molecule has 0 aliphatic carbocycles. The van der Waals surface area contributed by atoms with Gasteiger partial charge in [0.1, 0.15) is 0 Å². The van der Waals surface area contributed by atoms with Crippen molar-refractivity contribution in [2.45, 2.75) is 0 Å². The molecule has 0 radical (unpaired) electrons. The molecular weight excluding hydrogens is 189 g/mol. The van der Waals surface area contributed by atoms with Crippen LogP contribution in [0.5, 0.6) is 0 Å². The highest BCUT2D eigenvalue weighted by atomic mass is 16.4. The average molecular weight is 199 g/mol. The van der Waals surface area contributed by atoms with Crippen molar-refractivity contribution >= 4 is 12.6 Å².